The molecule has 104 valence electrons. The van der Waals surface area contributed by atoms with E-state index in [9.17, 15) is 8.42 Å². The lowest BCUT2D eigenvalue weighted by molar-refractivity contribution is 0.413. The first-order valence-electron chi connectivity index (χ1n) is 6.82. The predicted octanol–water partition coefficient (Wildman–Crippen LogP) is 2.47. The van der Waals surface area contributed by atoms with Gasteiger partial charge in [-0.25, -0.2) is 8.42 Å². The zero-order chi connectivity index (χ0) is 13.3. The Morgan fingerprint density at radius 2 is 1.76 bits per heavy atom. The van der Waals surface area contributed by atoms with Crippen LogP contribution >= 0.6 is 0 Å². The molecule has 0 rings (SSSR count). The van der Waals surface area contributed by atoms with E-state index in [0.717, 1.165) is 32.4 Å². The van der Waals surface area contributed by atoms with Gasteiger partial charge in [0.2, 0.25) is 0 Å². The molecule has 0 fully saturated rings. The molecule has 0 aliphatic rings. The highest BCUT2D eigenvalue weighted by Crippen LogP contribution is 2.11. The summed E-state index contributed by atoms with van der Waals surface area (Å²) in [6.07, 6.45) is 2.94. The normalized spacial score (nSPS) is 14.2. The molecule has 4 heteroatoms. The highest BCUT2D eigenvalue weighted by molar-refractivity contribution is 7.91. The molecule has 0 spiro atoms. The van der Waals surface area contributed by atoms with Crippen molar-refractivity contribution in [3.05, 3.63) is 0 Å². The molecule has 0 aliphatic heterocycles. The predicted molar refractivity (Wildman–Crippen MR) is 75.1 cm³/mol. The lowest BCUT2D eigenvalue weighted by Crippen LogP contribution is -2.26. The lowest BCUT2D eigenvalue weighted by Gasteiger charge is -2.16. The van der Waals surface area contributed by atoms with Crippen LogP contribution in [0.2, 0.25) is 0 Å². The van der Waals surface area contributed by atoms with Gasteiger partial charge in [-0.05, 0) is 37.8 Å². The summed E-state index contributed by atoms with van der Waals surface area (Å²) < 4.78 is 22.7. The van der Waals surface area contributed by atoms with Gasteiger partial charge in [0.1, 0.15) is 9.84 Å². The Balaban J connectivity index is 3.75. The van der Waals surface area contributed by atoms with E-state index in [1.807, 2.05) is 0 Å². The third-order valence-corrected chi connectivity index (χ3v) is 4.86. The Bertz CT molecular complexity index is 273. The van der Waals surface area contributed by atoms with Gasteiger partial charge in [0.05, 0.1) is 5.75 Å². The fourth-order valence-electron chi connectivity index (χ4n) is 1.76. The average molecular weight is 263 g/mol. The molecule has 0 aliphatic carbocycles. The van der Waals surface area contributed by atoms with E-state index >= 15 is 0 Å². The van der Waals surface area contributed by atoms with Gasteiger partial charge in [0.25, 0.3) is 0 Å². The third-order valence-electron chi connectivity index (χ3n) is 3.07. The van der Waals surface area contributed by atoms with Crippen molar-refractivity contribution in [2.45, 2.75) is 47.0 Å². The maximum atomic E-state index is 11.4. The van der Waals surface area contributed by atoms with Crippen LogP contribution in [0, 0.1) is 11.8 Å². The fraction of sp³-hybridized carbons (Fsp3) is 1.00. The van der Waals surface area contributed by atoms with Crippen molar-refractivity contribution in [1.82, 2.24) is 5.32 Å². The van der Waals surface area contributed by atoms with Crippen LogP contribution in [0.5, 0.6) is 0 Å². The molecule has 0 heterocycles. The number of nitrogens with one attached hydrogen (secondary N) is 1. The Kier molecular flexibility index (Phi) is 8.88. The largest absolute Gasteiger partial charge is 0.316 e. The highest BCUT2D eigenvalue weighted by Gasteiger charge is 2.10. The summed E-state index contributed by atoms with van der Waals surface area (Å²) >= 11 is 0. The third kappa shape index (κ3) is 9.60. The van der Waals surface area contributed by atoms with E-state index in [-0.39, 0.29) is 5.75 Å². The summed E-state index contributed by atoms with van der Waals surface area (Å²) in [6, 6.07) is 0. The van der Waals surface area contributed by atoms with E-state index in [0.29, 0.717) is 17.6 Å². The van der Waals surface area contributed by atoms with Crippen LogP contribution in [-0.4, -0.2) is 33.0 Å². The highest BCUT2D eigenvalue weighted by atomic mass is 32.2. The Morgan fingerprint density at radius 3 is 2.24 bits per heavy atom. The van der Waals surface area contributed by atoms with E-state index in [1.54, 1.807) is 6.92 Å². The van der Waals surface area contributed by atoms with E-state index in [1.165, 1.54) is 0 Å². The standard InChI is InChI=1S/C13H29NO2S/c1-5-13(11-14-10-12(3)4)8-7-9-17(15,16)6-2/h12-14H,5-11H2,1-4H3. The van der Waals surface area contributed by atoms with Crippen LogP contribution in [0.1, 0.15) is 47.0 Å². The van der Waals surface area contributed by atoms with Gasteiger partial charge in [-0.1, -0.05) is 34.1 Å². The molecular weight excluding hydrogens is 234 g/mol. The SMILES string of the molecule is CCC(CCCS(=O)(=O)CC)CNCC(C)C. The van der Waals surface area contributed by atoms with Crippen LogP contribution in [-0.2, 0) is 9.84 Å². The molecule has 0 aromatic heterocycles. The van der Waals surface area contributed by atoms with Gasteiger partial charge in [0, 0.05) is 5.75 Å². The first-order valence-corrected chi connectivity index (χ1v) is 8.64. The van der Waals surface area contributed by atoms with Crippen molar-refractivity contribution in [3.8, 4) is 0 Å². The van der Waals surface area contributed by atoms with E-state index in [2.05, 4.69) is 26.1 Å². The topological polar surface area (TPSA) is 46.2 Å². The molecular formula is C13H29NO2S. The van der Waals surface area contributed by atoms with Crippen molar-refractivity contribution in [1.29, 1.82) is 0 Å². The zero-order valence-corrected chi connectivity index (χ0v) is 12.6. The van der Waals surface area contributed by atoms with E-state index in [4.69, 9.17) is 0 Å². The molecule has 1 atom stereocenters. The molecule has 1 N–H and O–H groups in total. The molecule has 0 radical (unpaired) electrons. The number of rotatable bonds is 10. The smallest absolute Gasteiger partial charge is 0.150 e. The molecule has 0 aromatic carbocycles. The minimum Gasteiger partial charge on any atom is -0.316 e. The van der Waals surface area contributed by atoms with Gasteiger partial charge in [-0.2, -0.15) is 0 Å². The monoisotopic (exact) mass is 263 g/mol. The maximum Gasteiger partial charge on any atom is 0.150 e. The zero-order valence-electron chi connectivity index (χ0n) is 11.8. The minimum atomic E-state index is -2.78. The van der Waals surface area contributed by atoms with Crippen LogP contribution < -0.4 is 5.32 Å². The average Bonchev–Trinajstić information content (AvgIpc) is 2.26. The van der Waals surface area contributed by atoms with Gasteiger partial charge < -0.3 is 5.32 Å². The molecule has 1 unspecified atom stereocenters. The molecule has 0 saturated heterocycles. The Hall–Kier alpha value is -0.0900. The molecule has 0 amide bonds. The lowest BCUT2D eigenvalue weighted by atomic mass is 10.0. The van der Waals surface area contributed by atoms with E-state index < -0.39 is 9.84 Å². The molecule has 0 aromatic rings. The summed E-state index contributed by atoms with van der Waals surface area (Å²) in [4.78, 5) is 0. The summed E-state index contributed by atoms with van der Waals surface area (Å²) in [5.41, 5.74) is 0. The van der Waals surface area contributed by atoms with Crippen molar-refractivity contribution < 1.29 is 8.42 Å². The number of hydrogen-bond acceptors (Lipinski definition) is 3. The molecule has 17 heavy (non-hydrogen) atoms. The molecule has 3 nitrogen and oxygen atoms in total. The van der Waals surface area contributed by atoms with Crippen molar-refractivity contribution in [3.63, 3.8) is 0 Å². The first-order chi connectivity index (χ1) is 7.91. The minimum absolute atomic E-state index is 0.273. The number of sulfone groups is 1. The second kappa shape index (κ2) is 8.92. The molecule has 0 bridgehead atoms. The van der Waals surface area contributed by atoms with Crippen LogP contribution in [0.3, 0.4) is 0 Å². The fourth-order valence-corrected chi connectivity index (χ4v) is 2.66. The number of hydrogen-bond donors (Lipinski definition) is 1. The van der Waals surface area contributed by atoms with Crippen LogP contribution in [0.4, 0.5) is 0 Å². The first kappa shape index (κ1) is 16.9. The summed E-state index contributed by atoms with van der Waals surface area (Å²) in [7, 11) is -2.78. The van der Waals surface area contributed by atoms with Crippen molar-refractivity contribution in [2.24, 2.45) is 11.8 Å². The second-order valence-electron chi connectivity index (χ2n) is 5.20. The van der Waals surface area contributed by atoms with Crippen molar-refractivity contribution >= 4 is 9.84 Å². The van der Waals surface area contributed by atoms with Crippen molar-refractivity contribution in [2.75, 3.05) is 24.6 Å². The second-order valence-corrected chi connectivity index (χ2v) is 7.68. The summed E-state index contributed by atoms with van der Waals surface area (Å²) in [5.74, 6) is 1.91. The summed E-state index contributed by atoms with van der Waals surface area (Å²) in [6.45, 7) is 10.3. The molecule has 0 saturated carbocycles. The van der Waals surface area contributed by atoms with Gasteiger partial charge in [0.15, 0.2) is 0 Å². The Labute approximate surface area is 107 Å². The quantitative estimate of drug-likeness (QED) is 0.658. The van der Waals surface area contributed by atoms with Crippen LogP contribution in [0.15, 0.2) is 0 Å². The van der Waals surface area contributed by atoms with Crippen LogP contribution in [0.25, 0.3) is 0 Å². The van der Waals surface area contributed by atoms with Gasteiger partial charge in [-0.15, -0.1) is 0 Å². The Morgan fingerprint density at radius 1 is 1.12 bits per heavy atom. The maximum absolute atomic E-state index is 11.4. The van der Waals surface area contributed by atoms with Gasteiger partial charge >= 0.3 is 0 Å². The summed E-state index contributed by atoms with van der Waals surface area (Å²) in [5, 5.41) is 3.45. The van der Waals surface area contributed by atoms with Gasteiger partial charge in [-0.3, -0.25) is 0 Å².